The van der Waals surface area contributed by atoms with Crippen molar-refractivity contribution in [2.45, 2.75) is 38.3 Å². The number of aromatic nitrogens is 4. The van der Waals surface area contributed by atoms with E-state index >= 15 is 0 Å². The van der Waals surface area contributed by atoms with E-state index < -0.39 is 6.10 Å². The molecule has 1 N–H and O–H groups in total. The lowest BCUT2D eigenvalue weighted by atomic mass is 10.1. The highest BCUT2D eigenvalue weighted by molar-refractivity contribution is 6.11. The molecule has 0 radical (unpaired) electrons. The number of likely N-dealkylation sites (tertiary alicyclic amines) is 1. The largest absolute Gasteiger partial charge is 0.391 e. The first-order valence-corrected chi connectivity index (χ1v) is 11.1. The van der Waals surface area contributed by atoms with Gasteiger partial charge in [0.25, 0.3) is 5.91 Å². The third-order valence-electron chi connectivity index (χ3n) is 6.51. The van der Waals surface area contributed by atoms with E-state index in [0.717, 1.165) is 35.8 Å². The predicted molar refractivity (Wildman–Crippen MR) is 118 cm³/mol. The van der Waals surface area contributed by atoms with Crippen LogP contribution in [0.15, 0.2) is 48.8 Å². The Morgan fingerprint density at radius 2 is 1.87 bits per heavy atom. The molecule has 1 aromatic carbocycles. The maximum Gasteiger partial charge on any atom is 0.271 e. The zero-order chi connectivity index (χ0) is 20.9. The fourth-order valence-electron chi connectivity index (χ4n) is 4.83. The second kappa shape index (κ2) is 7.20. The van der Waals surface area contributed by atoms with Crippen molar-refractivity contribution in [3.05, 3.63) is 54.5 Å². The van der Waals surface area contributed by atoms with E-state index in [1.165, 1.54) is 18.4 Å². The number of hydrogen-bond acceptors (Lipinski definition) is 4. The third kappa shape index (κ3) is 3.11. The molecule has 158 valence electrons. The van der Waals surface area contributed by atoms with Crippen LogP contribution in [0.5, 0.6) is 0 Å². The highest BCUT2D eigenvalue weighted by Gasteiger charge is 2.30. The van der Waals surface area contributed by atoms with Gasteiger partial charge in [-0.2, -0.15) is 0 Å². The van der Waals surface area contributed by atoms with Gasteiger partial charge in [-0.05, 0) is 49.8 Å². The Hall–Kier alpha value is -3.19. The number of nitrogens with zero attached hydrogens (tertiary/aromatic N) is 5. The SMILES string of the molecule is O=C(c1cc2c(c3ccccc3n2CC2CC2)n1-c1ncccn1)N1CCC[C@H](O)C1. The summed E-state index contributed by atoms with van der Waals surface area (Å²) in [6.07, 6.45) is 7.01. The Morgan fingerprint density at radius 3 is 2.65 bits per heavy atom. The monoisotopic (exact) mass is 415 g/mol. The van der Waals surface area contributed by atoms with Gasteiger partial charge in [-0.3, -0.25) is 9.36 Å². The van der Waals surface area contributed by atoms with Gasteiger partial charge < -0.3 is 14.6 Å². The number of piperidine rings is 1. The number of β-amino-alcohol motifs (C(OH)–C–C–N with tert-alkyl or cyclic N) is 1. The average Bonchev–Trinajstić information content (AvgIpc) is 3.47. The van der Waals surface area contributed by atoms with Crippen molar-refractivity contribution in [2.24, 2.45) is 5.92 Å². The summed E-state index contributed by atoms with van der Waals surface area (Å²) in [6, 6.07) is 12.1. The van der Waals surface area contributed by atoms with Gasteiger partial charge in [0, 0.05) is 37.4 Å². The summed E-state index contributed by atoms with van der Waals surface area (Å²) < 4.78 is 4.26. The number of rotatable bonds is 4. The fraction of sp³-hybridized carbons (Fsp3) is 0.375. The van der Waals surface area contributed by atoms with Gasteiger partial charge in [0.05, 0.1) is 22.7 Å². The van der Waals surface area contributed by atoms with E-state index in [-0.39, 0.29) is 5.91 Å². The Bertz CT molecular complexity index is 1270. The maximum atomic E-state index is 13.6. The quantitative estimate of drug-likeness (QED) is 0.554. The van der Waals surface area contributed by atoms with E-state index in [1.54, 1.807) is 23.4 Å². The molecule has 2 aliphatic rings. The van der Waals surface area contributed by atoms with Crippen LogP contribution in [0.25, 0.3) is 27.9 Å². The summed E-state index contributed by atoms with van der Waals surface area (Å²) in [7, 11) is 0. The van der Waals surface area contributed by atoms with Crippen LogP contribution in [0.1, 0.15) is 36.2 Å². The van der Waals surface area contributed by atoms with Crippen molar-refractivity contribution in [1.82, 2.24) is 24.0 Å². The molecular weight excluding hydrogens is 390 g/mol. The Balaban J connectivity index is 1.60. The summed E-state index contributed by atoms with van der Waals surface area (Å²) in [5.74, 6) is 1.11. The molecule has 0 spiro atoms. The first kappa shape index (κ1) is 18.6. The van der Waals surface area contributed by atoms with Crippen molar-refractivity contribution < 1.29 is 9.90 Å². The van der Waals surface area contributed by atoms with Crippen molar-refractivity contribution in [3.63, 3.8) is 0 Å². The van der Waals surface area contributed by atoms with Crippen molar-refractivity contribution in [2.75, 3.05) is 13.1 Å². The Morgan fingerprint density at radius 1 is 1.06 bits per heavy atom. The van der Waals surface area contributed by atoms with Crippen LogP contribution in [0.3, 0.4) is 0 Å². The molecule has 1 aliphatic carbocycles. The molecule has 3 aromatic heterocycles. The summed E-state index contributed by atoms with van der Waals surface area (Å²) in [4.78, 5) is 24.3. The normalized spacial score (nSPS) is 19.4. The Labute approximate surface area is 179 Å². The number of hydrogen-bond donors (Lipinski definition) is 1. The van der Waals surface area contributed by atoms with E-state index in [2.05, 4.69) is 32.7 Å². The molecule has 7 heteroatoms. The second-order valence-electron chi connectivity index (χ2n) is 8.77. The lowest BCUT2D eigenvalue weighted by Gasteiger charge is -2.30. The van der Waals surface area contributed by atoms with Gasteiger partial charge in [-0.25, -0.2) is 9.97 Å². The predicted octanol–water partition coefficient (Wildman–Crippen LogP) is 3.38. The second-order valence-corrected chi connectivity index (χ2v) is 8.77. The van der Waals surface area contributed by atoms with E-state index in [9.17, 15) is 9.90 Å². The molecule has 2 fully saturated rings. The number of benzene rings is 1. The number of fused-ring (bicyclic) bond motifs is 3. The van der Waals surface area contributed by atoms with Crippen LogP contribution in [0.4, 0.5) is 0 Å². The topological polar surface area (TPSA) is 76.2 Å². The third-order valence-corrected chi connectivity index (χ3v) is 6.51. The van der Waals surface area contributed by atoms with Crippen molar-refractivity contribution >= 4 is 27.8 Å². The lowest BCUT2D eigenvalue weighted by Crippen LogP contribution is -2.42. The van der Waals surface area contributed by atoms with E-state index in [0.29, 0.717) is 30.6 Å². The number of carbonyl (C=O) groups excluding carboxylic acids is 1. The maximum absolute atomic E-state index is 13.6. The van der Waals surface area contributed by atoms with Crippen LogP contribution in [0.2, 0.25) is 0 Å². The van der Waals surface area contributed by atoms with E-state index in [1.807, 2.05) is 16.7 Å². The number of carbonyl (C=O) groups is 1. The Kier molecular flexibility index (Phi) is 4.31. The number of aliphatic hydroxyl groups excluding tert-OH is 1. The van der Waals surface area contributed by atoms with Crippen LogP contribution < -0.4 is 0 Å². The molecule has 1 saturated heterocycles. The van der Waals surface area contributed by atoms with Crippen LogP contribution in [0, 0.1) is 5.92 Å². The number of amides is 1. The lowest BCUT2D eigenvalue weighted by molar-refractivity contribution is 0.0467. The summed E-state index contributed by atoms with van der Waals surface area (Å²) >= 11 is 0. The zero-order valence-corrected chi connectivity index (χ0v) is 17.3. The molecular formula is C24H25N5O2. The molecule has 1 aliphatic heterocycles. The van der Waals surface area contributed by atoms with Crippen molar-refractivity contribution in [1.29, 1.82) is 0 Å². The van der Waals surface area contributed by atoms with Gasteiger partial charge in [-0.1, -0.05) is 18.2 Å². The van der Waals surface area contributed by atoms with Crippen LogP contribution in [-0.4, -0.2) is 54.2 Å². The summed E-state index contributed by atoms with van der Waals surface area (Å²) in [6.45, 7) is 1.98. The molecule has 1 atom stereocenters. The molecule has 31 heavy (non-hydrogen) atoms. The zero-order valence-electron chi connectivity index (χ0n) is 17.3. The first-order chi connectivity index (χ1) is 15.2. The molecule has 4 aromatic rings. The molecule has 6 rings (SSSR count). The minimum atomic E-state index is -0.465. The van der Waals surface area contributed by atoms with Gasteiger partial charge in [0.1, 0.15) is 5.69 Å². The van der Waals surface area contributed by atoms with Gasteiger partial charge in [-0.15, -0.1) is 0 Å². The molecule has 7 nitrogen and oxygen atoms in total. The molecule has 1 saturated carbocycles. The van der Waals surface area contributed by atoms with Crippen LogP contribution >= 0.6 is 0 Å². The number of aliphatic hydroxyl groups is 1. The highest BCUT2D eigenvalue weighted by atomic mass is 16.3. The van der Waals surface area contributed by atoms with Crippen LogP contribution in [-0.2, 0) is 6.54 Å². The summed E-state index contributed by atoms with van der Waals surface area (Å²) in [5, 5.41) is 11.2. The first-order valence-electron chi connectivity index (χ1n) is 11.1. The van der Waals surface area contributed by atoms with E-state index in [4.69, 9.17) is 0 Å². The van der Waals surface area contributed by atoms with Crippen molar-refractivity contribution in [3.8, 4) is 5.95 Å². The smallest absolute Gasteiger partial charge is 0.271 e. The van der Waals surface area contributed by atoms with Gasteiger partial charge in [0.15, 0.2) is 0 Å². The fourth-order valence-corrected chi connectivity index (χ4v) is 4.83. The summed E-state index contributed by atoms with van der Waals surface area (Å²) in [5.41, 5.74) is 3.75. The molecule has 0 unspecified atom stereocenters. The van der Waals surface area contributed by atoms with Gasteiger partial charge >= 0.3 is 0 Å². The standard InChI is InChI=1S/C24H25N5O2/c30-17-5-3-12-27(15-17)23(31)21-13-20-22(29(21)24-25-10-4-11-26-24)18-6-1-2-7-19(18)28(20)14-16-8-9-16/h1-2,4,6-7,10-11,13,16-17,30H,3,5,8-9,12,14-15H2/t17-/m0/s1. The minimum absolute atomic E-state index is 0.0792. The highest BCUT2D eigenvalue weighted by Crippen LogP contribution is 2.38. The molecule has 0 bridgehead atoms. The number of para-hydroxylation sites is 1. The average molecular weight is 415 g/mol. The van der Waals surface area contributed by atoms with Gasteiger partial charge in [0.2, 0.25) is 5.95 Å². The minimum Gasteiger partial charge on any atom is -0.391 e. The molecule has 1 amide bonds. The molecule has 4 heterocycles.